The Hall–Kier alpha value is -2.00. The molecule has 0 bridgehead atoms. The van der Waals surface area contributed by atoms with Crippen LogP contribution in [0.5, 0.6) is 0 Å². The van der Waals surface area contributed by atoms with Gasteiger partial charge in [-0.2, -0.15) is 0 Å². The van der Waals surface area contributed by atoms with Gasteiger partial charge in [0, 0.05) is 34.4 Å². The van der Waals surface area contributed by atoms with Crippen molar-refractivity contribution in [3.8, 4) is 11.1 Å². The topological polar surface area (TPSA) is 40.7 Å². The molecule has 118 valence electrons. The molecule has 0 saturated heterocycles. The highest BCUT2D eigenvalue weighted by atomic mass is 35.5. The summed E-state index contributed by atoms with van der Waals surface area (Å²) >= 11 is 6.19. The average molecular weight is 326 g/mol. The van der Waals surface area contributed by atoms with Crippen molar-refractivity contribution >= 4 is 28.3 Å². The van der Waals surface area contributed by atoms with E-state index in [4.69, 9.17) is 11.6 Å². The summed E-state index contributed by atoms with van der Waals surface area (Å²) in [5.41, 5.74) is 4.32. The van der Waals surface area contributed by atoms with Crippen molar-refractivity contribution in [2.75, 3.05) is 5.32 Å². The van der Waals surface area contributed by atoms with Gasteiger partial charge in [0.15, 0.2) is 0 Å². The second-order valence-corrected chi connectivity index (χ2v) is 6.71. The van der Waals surface area contributed by atoms with Crippen LogP contribution < -0.4 is 5.32 Å². The molecule has 4 heteroatoms. The van der Waals surface area contributed by atoms with Crippen LogP contribution in [0.3, 0.4) is 0 Å². The zero-order chi connectivity index (χ0) is 15.6. The van der Waals surface area contributed by atoms with Crippen molar-refractivity contribution in [1.82, 2.24) is 9.97 Å². The fraction of sp³-hybridized carbons (Fsp3) is 0.316. The Bertz CT molecular complexity index is 818. The minimum Gasteiger partial charge on any atom is -0.381 e. The molecular formula is C19H20ClN3. The molecule has 1 aliphatic rings. The van der Waals surface area contributed by atoms with Crippen LogP contribution in [0, 0.1) is 0 Å². The van der Waals surface area contributed by atoms with Crippen LogP contribution in [0.4, 0.5) is 5.69 Å². The SMILES string of the molecule is Clc1cccc(-c2cnc3[nH]ccc3c2NC2CCCCC2)c1. The first kappa shape index (κ1) is 14.6. The highest BCUT2D eigenvalue weighted by molar-refractivity contribution is 6.30. The third-order valence-corrected chi connectivity index (χ3v) is 4.91. The van der Waals surface area contributed by atoms with Crippen LogP contribution in [0.1, 0.15) is 32.1 Å². The van der Waals surface area contributed by atoms with E-state index in [0.717, 1.165) is 27.2 Å². The minimum atomic E-state index is 0.544. The Labute approximate surface area is 141 Å². The normalized spacial score (nSPS) is 15.9. The lowest BCUT2D eigenvalue weighted by molar-refractivity contribution is 0.463. The Morgan fingerprint density at radius 2 is 2.00 bits per heavy atom. The van der Waals surface area contributed by atoms with Crippen molar-refractivity contribution in [2.45, 2.75) is 38.1 Å². The van der Waals surface area contributed by atoms with Gasteiger partial charge in [0.25, 0.3) is 0 Å². The largest absolute Gasteiger partial charge is 0.381 e. The first-order chi connectivity index (χ1) is 11.3. The number of hydrogen-bond acceptors (Lipinski definition) is 2. The van der Waals surface area contributed by atoms with Gasteiger partial charge in [0.1, 0.15) is 5.65 Å². The molecule has 1 aromatic carbocycles. The zero-order valence-corrected chi connectivity index (χ0v) is 13.7. The second-order valence-electron chi connectivity index (χ2n) is 6.28. The standard InChI is InChI=1S/C19H20ClN3/c20-14-6-4-5-13(11-14)17-12-22-19-16(9-10-21-19)18(17)23-15-7-2-1-3-8-15/h4-6,9-12,15H,1-3,7-8H2,(H2,21,22,23). The first-order valence-electron chi connectivity index (χ1n) is 8.30. The molecule has 0 spiro atoms. The van der Waals surface area contributed by atoms with E-state index >= 15 is 0 Å². The molecule has 23 heavy (non-hydrogen) atoms. The van der Waals surface area contributed by atoms with Crippen LogP contribution in [0.15, 0.2) is 42.7 Å². The van der Waals surface area contributed by atoms with Gasteiger partial charge in [0.2, 0.25) is 0 Å². The third kappa shape index (κ3) is 2.93. The third-order valence-electron chi connectivity index (χ3n) is 4.68. The summed E-state index contributed by atoms with van der Waals surface area (Å²) in [5.74, 6) is 0. The lowest BCUT2D eigenvalue weighted by Crippen LogP contribution is -2.22. The Morgan fingerprint density at radius 1 is 1.13 bits per heavy atom. The molecule has 3 aromatic rings. The number of halogens is 1. The summed E-state index contributed by atoms with van der Waals surface area (Å²) < 4.78 is 0. The molecule has 2 N–H and O–H groups in total. The number of aromatic nitrogens is 2. The predicted octanol–water partition coefficient (Wildman–Crippen LogP) is 5.63. The molecule has 2 aromatic heterocycles. The van der Waals surface area contributed by atoms with Crippen molar-refractivity contribution in [3.05, 3.63) is 47.7 Å². The molecule has 1 fully saturated rings. The van der Waals surface area contributed by atoms with Crippen molar-refractivity contribution < 1.29 is 0 Å². The molecule has 0 unspecified atom stereocenters. The maximum Gasteiger partial charge on any atom is 0.139 e. The van der Waals surface area contributed by atoms with Gasteiger partial charge in [-0.25, -0.2) is 4.98 Å². The van der Waals surface area contributed by atoms with E-state index in [2.05, 4.69) is 27.4 Å². The molecule has 4 rings (SSSR count). The number of aromatic amines is 1. The maximum absolute atomic E-state index is 6.19. The van der Waals surface area contributed by atoms with E-state index in [1.807, 2.05) is 30.6 Å². The molecule has 2 heterocycles. The summed E-state index contributed by atoms with van der Waals surface area (Å²) in [6, 6.07) is 10.6. The van der Waals surface area contributed by atoms with E-state index in [0.29, 0.717) is 6.04 Å². The smallest absolute Gasteiger partial charge is 0.139 e. The van der Waals surface area contributed by atoms with Crippen LogP contribution in [-0.2, 0) is 0 Å². The summed E-state index contributed by atoms with van der Waals surface area (Å²) in [7, 11) is 0. The second kappa shape index (κ2) is 6.25. The van der Waals surface area contributed by atoms with Crippen LogP contribution in [-0.4, -0.2) is 16.0 Å². The maximum atomic E-state index is 6.19. The van der Waals surface area contributed by atoms with Crippen LogP contribution in [0.25, 0.3) is 22.2 Å². The number of benzene rings is 1. The Kier molecular flexibility index (Phi) is 3.96. The highest BCUT2D eigenvalue weighted by Crippen LogP contribution is 2.36. The van der Waals surface area contributed by atoms with E-state index < -0.39 is 0 Å². The van der Waals surface area contributed by atoms with E-state index in [1.165, 1.54) is 37.8 Å². The van der Waals surface area contributed by atoms with Gasteiger partial charge in [-0.3, -0.25) is 0 Å². The van der Waals surface area contributed by atoms with Gasteiger partial charge in [-0.15, -0.1) is 0 Å². The molecule has 1 aliphatic carbocycles. The zero-order valence-electron chi connectivity index (χ0n) is 13.0. The molecule has 0 amide bonds. The average Bonchev–Trinajstić information content (AvgIpc) is 3.05. The Morgan fingerprint density at radius 3 is 2.83 bits per heavy atom. The number of fused-ring (bicyclic) bond motifs is 1. The summed E-state index contributed by atoms with van der Waals surface area (Å²) in [5, 5.41) is 5.69. The predicted molar refractivity (Wildman–Crippen MR) is 97.0 cm³/mol. The quantitative estimate of drug-likeness (QED) is 0.655. The van der Waals surface area contributed by atoms with Gasteiger partial charge >= 0.3 is 0 Å². The number of anilines is 1. The molecule has 0 radical (unpaired) electrons. The van der Waals surface area contributed by atoms with Crippen molar-refractivity contribution in [3.63, 3.8) is 0 Å². The molecular weight excluding hydrogens is 306 g/mol. The van der Waals surface area contributed by atoms with Gasteiger partial charge < -0.3 is 10.3 Å². The fourth-order valence-corrected chi connectivity index (χ4v) is 3.68. The molecule has 0 aliphatic heterocycles. The summed E-state index contributed by atoms with van der Waals surface area (Å²) in [6.45, 7) is 0. The summed E-state index contributed by atoms with van der Waals surface area (Å²) in [4.78, 5) is 7.77. The summed E-state index contributed by atoms with van der Waals surface area (Å²) in [6.07, 6.45) is 10.3. The number of nitrogens with one attached hydrogen (secondary N) is 2. The van der Waals surface area contributed by atoms with Crippen LogP contribution >= 0.6 is 11.6 Å². The van der Waals surface area contributed by atoms with E-state index in [-0.39, 0.29) is 0 Å². The lowest BCUT2D eigenvalue weighted by atomic mass is 9.94. The van der Waals surface area contributed by atoms with E-state index in [1.54, 1.807) is 0 Å². The van der Waals surface area contributed by atoms with Crippen LogP contribution in [0.2, 0.25) is 5.02 Å². The molecule has 1 saturated carbocycles. The first-order valence-corrected chi connectivity index (χ1v) is 8.67. The number of hydrogen-bond donors (Lipinski definition) is 2. The van der Waals surface area contributed by atoms with Gasteiger partial charge in [-0.05, 0) is 36.6 Å². The Balaban J connectivity index is 1.81. The van der Waals surface area contributed by atoms with Crippen molar-refractivity contribution in [1.29, 1.82) is 0 Å². The van der Waals surface area contributed by atoms with Gasteiger partial charge in [0.05, 0.1) is 5.69 Å². The van der Waals surface area contributed by atoms with Gasteiger partial charge in [-0.1, -0.05) is 43.0 Å². The number of pyridine rings is 1. The lowest BCUT2D eigenvalue weighted by Gasteiger charge is -2.25. The molecule has 0 atom stereocenters. The fourth-order valence-electron chi connectivity index (χ4n) is 3.49. The monoisotopic (exact) mass is 325 g/mol. The van der Waals surface area contributed by atoms with Crippen molar-refractivity contribution in [2.24, 2.45) is 0 Å². The molecule has 3 nitrogen and oxygen atoms in total. The number of nitrogens with zero attached hydrogens (tertiary/aromatic N) is 1. The van der Waals surface area contributed by atoms with E-state index in [9.17, 15) is 0 Å². The number of H-pyrrole nitrogens is 1. The number of rotatable bonds is 3. The highest BCUT2D eigenvalue weighted by Gasteiger charge is 2.18. The minimum absolute atomic E-state index is 0.544.